The lowest BCUT2D eigenvalue weighted by Gasteiger charge is -2.30. The highest BCUT2D eigenvalue weighted by molar-refractivity contribution is 7.92. The largest absolute Gasteiger partial charge is 0.467 e. The standard InChI is InChI=1S/C16H19FN2O4S/c1-3-15(16(20)18-11-14-5-4-10-23-14)19(24(2,21)22)13-8-6-12(17)7-9-13/h4-10,15H,3,11H2,1-2H3,(H,18,20). The van der Waals surface area contributed by atoms with E-state index in [0.717, 1.165) is 22.7 Å². The number of benzene rings is 1. The maximum atomic E-state index is 13.1. The molecule has 1 aromatic carbocycles. The highest BCUT2D eigenvalue weighted by Gasteiger charge is 2.31. The number of halogens is 1. The number of carbonyl (C=O) groups is 1. The van der Waals surface area contributed by atoms with Gasteiger partial charge in [-0.15, -0.1) is 0 Å². The highest BCUT2D eigenvalue weighted by atomic mass is 32.2. The molecule has 0 bridgehead atoms. The monoisotopic (exact) mass is 354 g/mol. The molecule has 1 amide bonds. The van der Waals surface area contributed by atoms with E-state index < -0.39 is 27.8 Å². The second kappa shape index (κ2) is 7.48. The van der Waals surface area contributed by atoms with Gasteiger partial charge in [0.15, 0.2) is 0 Å². The zero-order valence-corrected chi connectivity index (χ0v) is 14.2. The molecule has 0 aliphatic carbocycles. The van der Waals surface area contributed by atoms with E-state index in [9.17, 15) is 17.6 Å². The third kappa shape index (κ3) is 4.35. The van der Waals surface area contributed by atoms with Gasteiger partial charge in [0, 0.05) is 0 Å². The fraction of sp³-hybridized carbons (Fsp3) is 0.312. The molecular weight excluding hydrogens is 335 g/mol. The van der Waals surface area contributed by atoms with E-state index in [4.69, 9.17) is 4.42 Å². The van der Waals surface area contributed by atoms with Crippen molar-refractivity contribution >= 4 is 21.6 Å². The normalized spacial score (nSPS) is 12.6. The summed E-state index contributed by atoms with van der Waals surface area (Å²) in [7, 11) is -3.73. The fourth-order valence-electron chi connectivity index (χ4n) is 2.35. The molecule has 1 heterocycles. The van der Waals surface area contributed by atoms with Crippen LogP contribution in [0.2, 0.25) is 0 Å². The van der Waals surface area contributed by atoms with Crippen LogP contribution in [0.4, 0.5) is 10.1 Å². The molecule has 1 N–H and O–H groups in total. The number of nitrogens with zero attached hydrogens (tertiary/aromatic N) is 1. The first kappa shape index (κ1) is 18.0. The number of hydrogen-bond donors (Lipinski definition) is 1. The average molecular weight is 354 g/mol. The van der Waals surface area contributed by atoms with Crippen LogP contribution in [0.5, 0.6) is 0 Å². The summed E-state index contributed by atoms with van der Waals surface area (Å²) < 4.78 is 43.6. The number of furan rings is 1. The van der Waals surface area contributed by atoms with Gasteiger partial charge in [-0.25, -0.2) is 12.8 Å². The molecule has 2 aromatic rings. The molecule has 0 saturated carbocycles. The maximum absolute atomic E-state index is 13.1. The van der Waals surface area contributed by atoms with Crippen molar-refractivity contribution in [3.8, 4) is 0 Å². The van der Waals surface area contributed by atoms with Gasteiger partial charge in [-0.2, -0.15) is 0 Å². The van der Waals surface area contributed by atoms with Crippen molar-refractivity contribution in [3.05, 3.63) is 54.2 Å². The van der Waals surface area contributed by atoms with Gasteiger partial charge in [0.2, 0.25) is 15.9 Å². The molecule has 2 rings (SSSR count). The SMILES string of the molecule is CCC(C(=O)NCc1ccco1)N(c1ccc(F)cc1)S(C)(=O)=O. The lowest BCUT2D eigenvalue weighted by molar-refractivity contribution is -0.122. The molecule has 0 spiro atoms. The molecule has 0 fully saturated rings. The van der Waals surface area contributed by atoms with Crippen LogP contribution in [0.15, 0.2) is 47.1 Å². The van der Waals surface area contributed by atoms with E-state index in [0.29, 0.717) is 5.76 Å². The van der Waals surface area contributed by atoms with Gasteiger partial charge in [-0.3, -0.25) is 9.10 Å². The van der Waals surface area contributed by atoms with Crippen LogP contribution in [0.3, 0.4) is 0 Å². The van der Waals surface area contributed by atoms with Crippen LogP contribution in [0.1, 0.15) is 19.1 Å². The molecule has 8 heteroatoms. The van der Waals surface area contributed by atoms with E-state index in [2.05, 4.69) is 5.32 Å². The minimum Gasteiger partial charge on any atom is -0.467 e. The molecule has 0 saturated heterocycles. The Labute approximate surface area is 140 Å². The first-order valence-electron chi connectivity index (χ1n) is 7.38. The van der Waals surface area contributed by atoms with E-state index >= 15 is 0 Å². The lowest BCUT2D eigenvalue weighted by Crippen LogP contribution is -2.49. The molecule has 0 radical (unpaired) electrons. The van der Waals surface area contributed by atoms with Gasteiger partial charge in [0.25, 0.3) is 0 Å². The van der Waals surface area contributed by atoms with E-state index in [1.165, 1.54) is 18.4 Å². The third-order valence-electron chi connectivity index (χ3n) is 3.43. The average Bonchev–Trinajstić information content (AvgIpc) is 3.03. The van der Waals surface area contributed by atoms with Gasteiger partial charge in [0.1, 0.15) is 17.6 Å². The Balaban J connectivity index is 2.25. The van der Waals surface area contributed by atoms with Crippen LogP contribution in [-0.4, -0.2) is 26.6 Å². The lowest BCUT2D eigenvalue weighted by atomic mass is 10.2. The van der Waals surface area contributed by atoms with Crippen LogP contribution in [-0.2, 0) is 21.4 Å². The smallest absolute Gasteiger partial charge is 0.244 e. The molecule has 130 valence electrons. The number of amides is 1. The quantitative estimate of drug-likeness (QED) is 0.827. The summed E-state index contributed by atoms with van der Waals surface area (Å²) in [5.41, 5.74) is 0.235. The summed E-state index contributed by atoms with van der Waals surface area (Å²) in [6, 6.07) is 7.43. The Kier molecular flexibility index (Phi) is 5.61. The van der Waals surface area contributed by atoms with Gasteiger partial charge in [-0.1, -0.05) is 6.92 Å². The Morgan fingerprint density at radius 3 is 2.46 bits per heavy atom. The molecular formula is C16H19FN2O4S. The number of carbonyl (C=O) groups excluding carboxylic acids is 1. The number of anilines is 1. The van der Waals surface area contributed by atoms with Crippen molar-refractivity contribution < 1.29 is 22.0 Å². The first-order valence-corrected chi connectivity index (χ1v) is 9.23. The van der Waals surface area contributed by atoms with Crippen molar-refractivity contribution in [2.75, 3.05) is 10.6 Å². The summed E-state index contributed by atoms with van der Waals surface area (Å²) in [4.78, 5) is 12.5. The minimum absolute atomic E-state index is 0.156. The highest BCUT2D eigenvalue weighted by Crippen LogP contribution is 2.22. The van der Waals surface area contributed by atoms with E-state index in [-0.39, 0.29) is 18.7 Å². The first-order chi connectivity index (χ1) is 11.3. The number of sulfonamides is 1. The maximum Gasteiger partial charge on any atom is 0.244 e. The van der Waals surface area contributed by atoms with Crippen LogP contribution in [0, 0.1) is 5.82 Å². The van der Waals surface area contributed by atoms with Crippen molar-refractivity contribution in [2.45, 2.75) is 25.9 Å². The van der Waals surface area contributed by atoms with Gasteiger partial charge < -0.3 is 9.73 Å². The molecule has 1 aromatic heterocycles. The van der Waals surface area contributed by atoms with Crippen molar-refractivity contribution in [1.29, 1.82) is 0 Å². The van der Waals surface area contributed by atoms with Gasteiger partial charge in [0.05, 0.1) is 24.8 Å². The minimum atomic E-state index is -3.73. The zero-order chi connectivity index (χ0) is 17.7. The summed E-state index contributed by atoms with van der Waals surface area (Å²) in [6.07, 6.45) is 2.76. The molecule has 0 aliphatic heterocycles. The molecule has 1 atom stereocenters. The van der Waals surface area contributed by atoms with Crippen LogP contribution >= 0.6 is 0 Å². The van der Waals surface area contributed by atoms with Crippen LogP contribution < -0.4 is 9.62 Å². The molecule has 24 heavy (non-hydrogen) atoms. The van der Waals surface area contributed by atoms with Crippen molar-refractivity contribution in [3.63, 3.8) is 0 Å². The fourth-order valence-corrected chi connectivity index (χ4v) is 3.57. The van der Waals surface area contributed by atoms with Gasteiger partial charge in [-0.05, 0) is 42.8 Å². The summed E-state index contributed by atoms with van der Waals surface area (Å²) in [5.74, 6) is -0.378. The number of nitrogens with one attached hydrogen (secondary N) is 1. The van der Waals surface area contributed by atoms with Crippen molar-refractivity contribution in [1.82, 2.24) is 5.32 Å². The second-order valence-electron chi connectivity index (χ2n) is 5.26. The van der Waals surface area contributed by atoms with Gasteiger partial charge >= 0.3 is 0 Å². The Hall–Kier alpha value is -2.35. The predicted octanol–water partition coefficient (Wildman–Crippen LogP) is 2.28. The van der Waals surface area contributed by atoms with E-state index in [1.54, 1.807) is 19.1 Å². The second-order valence-corrected chi connectivity index (χ2v) is 7.12. The zero-order valence-electron chi connectivity index (χ0n) is 13.4. The summed E-state index contributed by atoms with van der Waals surface area (Å²) >= 11 is 0. The third-order valence-corrected chi connectivity index (χ3v) is 4.61. The molecule has 1 unspecified atom stereocenters. The summed E-state index contributed by atoms with van der Waals surface area (Å²) in [5, 5.41) is 2.66. The number of rotatable bonds is 7. The Morgan fingerprint density at radius 2 is 1.96 bits per heavy atom. The predicted molar refractivity (Wildman–Crippen MR) is 88.4 cm³/mol. The topological polar surface area (TPSA) is 79.6 Å². The van der Waals surface area contributed by atoms with E-state index in [1.807, 2.05) is 0 Å². The van der Waals surface area contributed by atoms with Crippen LogP contribution in [0.25, 0.3) is 0 Å². The van der Waals surface area contributed by atoms with Crippen molar-refractivity contribution in [2.24, 2.45) is 0 Å². The molecule has 0 aliphatic rings. The summed E-state index contributed by atoms with van der Waals surface area (Å²) in [6.45, 7) is 1.86. The Morgan fingerprint density at radius 1 is 1.29 bits per heavy atom. The molecule has 6 nitrogen and oxygen atoms in total. The number of hydrogen-bond acceptors (Lipinski definition) is 4. The Bertz CT molecular complexity index is 773.